The van der Waals surface area contributed by atoms with Crippen LogP contribution in [-0.4, -0.2) is 53.3 Å². The number of piperazine rings is 1. The largest absolute Gasteiger partial charge is 0.342 e. The minimum atomic E-state index is -0.184. The summed E-state index contributed by atoms with van der Waals surface area (Å²) in [6.45, 7) is 1.17. The van der Waals surface area contributed by atoms with E-state index >= 15 is 0 Å². The van der Waals surface area contributed by atoms with Crippen molar-refractivity contribution in [2.75, 3.05) is 26.7 Å². The molecule has 0 N–H and O–H groups in total. The SMILES string of the molecule is CN1CCN(C(=O)c2cnc(Cl)c3ccccc23)CC1=O. The molecule has 0 spiro atoms. The van der Waals surface area contributed by atoms with Gasteiger partial charge < -0.3 is 9.80 Å². The Balaban J connectivity index is 1.99. The van der Waals surface area contributed by atoms with Crippen molar-refractivity contribution in [1.29, 1.82) is 0 Å². The molecule has 108 valence electrons. The van der Waals surface area contributed by atoms with Gasteiger partial charge in [0.2, 0.25) is 5.91 Å². The van der Waals surface area contributed by atoms with E-state index in [0.717, 1.165) is 10.8 Å². The molecule has 21 heavy (non-hydrogen) atoms. The van der Waals surface area contributed by atoms with E-state index in [2.05, 4.69) is 4.98 Å². The molecule has 0 saturated carbocycles. The summed E-state index contributed by atoms with van der Waals surface area (Å²) in [4.78, 5) is 31.7. The number of benzene rings is 1. The van der Waals surface area contributed by atoms with Crippen molar-refractivity contribution in [1.82, 2.24) is 14.8 Å². The Hall–Kier alpha value is -2.14. The molecule has 0 radical (unpaired) electrons. The predicted molar refractivity (Wildman–Crippen MR) is 80.3 cm³/mol. The fraction of sp³-hybridized carbons (Fsp3) is 0.267. The number of aromatic nitrogens is 1. The smallest absolute Gasteiger partial charge is 0.256 e. The molecule has 0 unspecified atom stereocenters. The summed E-state index contributed by atoms with van der Waals surface area (Å²) >= 11 is 6.06. The van der Waals surface area contributed by atoms with Crippen molar-refractivity contribution < 1.29 is 9.59 Å². The molecule has 1 aliphatic heterocycles. The van der Waals surface area contributed by atoms with Crippen molar-refractivity contribution in [3.05, 3.63) is 41.2 Å². The van der Waals surface area contributed by atoms with E-state index in [1.54, 1.807) is 16.8 Å². The molecule has 0 bridgehead atoms. The van der Waals surface area contributed by atoms with E-state index in [9.17, 15) is 9.59 Å². The first kappa shape index (κ1) is 13.8. The quantitative estimate of drug-likeness (QED) is 0.755. The van der Waals surface area contributed by atoms with Gasteiger partial charge >= 0.3 is 0 Å². The Morgan fingerprint density at radius 2 is 1.95 bits per heavy atom. The number of carbonyl (C=O) groups is 2. The fourth-order valence-corrected chi connectivity index (χ4v) is 2.64. The van der Waals surface area contributed by atoms with Crippen LogP contribution in [0.4, 0.5) is 0 Å². The second-order valence-electron chi connectivity index (χ2n) is 5.05. The minimum absolute atomic E-state index is 0.0548. The molecule has 5 nitrogen and oxygen atoms in total. The third-order valence-corrected chi connectivity index (χ3v) is 4.02. The van der Waals surface area contributed by atoms with Crippen LogP contribution in [0, 0.1) is 0 Å². The lowest BCUT2D eigenvalue weighted by Crippen LogP contribution is -2.50. The third kappa shape index (κ3) is 2.45. The maximum absolute atomic E-state index is 12.6. The summed E-state index contributed by atoms with van der Waals surface area (Å²) in [5, 5.41) is 1.87. The lowest BCUT2D eigenvalue weighted by Gasteiger charge is -2.32. The first-order chi connectivity index (χ1) is 10.1. The van der Waals surface area contributed by atoms with Gasteiger partial charge in [-0.1, -0.05) is 35.9 Å². The van der Waals surface area contributed by atoms with Gasteiger partial charge in [0.15, 0.2) is 0 Å². The molecule has 0 atom stereocenters. The molecule has 1 aromatic carbocycles. The zero-order valence-electron chi connectivity index (χ0n) is 11.5. The summed E-state index contributed by atoms with van der Waals surface area (Å²) in [7, 11) is 1.74. The molecular weight excluding hydrogens is 290 g/mol. The molecular formula is C15H14ClN3O2. The maximum atomic E-state index is 12.6. The van der Waals surface area contributed by atoms with Crippen molar-refractivity contribution in [2.45, 2.75) is 0 Å². The van der Waals surface area contributed by atoms with E-state index in [0.29, 0.717) is 23.8 Å². The summed E-state index contributed by atoms with van der Waals surface area (Å²) in [6, 6.07) is 7.37. The number of hydrogen-bond donors (Lipinski definition) is 0. The molecule has 0 aliphatic carbocycles. The number of likely N-dealkylation sites (N-methyl/N-ethyl adjacent to an activating group) is 1. The molecule has 2 amide bonds. The Morgan fingerprint density at radius 1 is 1.24 bits per heavy atom. The molecule has 6 heteroatoms. The third-order valence-electron chi connectivity index (χ3n) is 3.72. The van der Waals surface area contributed by atoms with Crippen molar-refractivity contribution in [3.63, 3.8) is 0 Å². The van der Waals surface area contributed by atoms with Crippen LogP contribution in [0.3, 0.4) is 0 Å². The predicted octanol–water partition coefficient (Wildman–Crippen LogP) is 1.80. The Labute approximate surface area is 127 Å². The van der Waals surface area contributed by atoms with Gasteiger partial charge in [0.25, 0.3) is 5.91 Å². The Morgan fingerprint density at radius 3 is 2.67 bits per heavy atom. The van der Waals surface area contributed by atoms with E-state index in [1.807, 2.05) is 24.3 Å². The molecule has 3 rings (SSSR count). The number of rotatable bonds is 1. The van der Waals surface area contributed by atoms with Gasteiger partial charge in [-0.15, -0.1) is 0 Å². The summed E-state index contributed by atoms with van der Waals surface area (Å²) < 4.78 is 0. The molecule has 1 aromatic heterocycles. The summed E-state index contributed by atoms with van der Waals surface area (Å²) in [5.41, 5.74) is 0.479. The van der Waals surface area contributed by atoms with Gasteiger partial charge in [-0.2, -0.15) is 0 Å². The number of fused-ring (bicyclic) bond motifs is 1. The molecule has 1 saturated heterocycles. The van der Waals surface area contributed by atoms with E-state index < -0.39 is 0 Å². The summed E-state index contributed by atoms with van der Waals surface area (Å²) in [5.74, 6) is -0.238. The van der Waals surface area contributed by atoms with Gasteiger partial charge in [0.05, 0.1) is 5.56 Å². The van der Waals surface area contributed by atoms with E-state index in [4.69, 9.17) is 11.6 Å². The number of pyridine rings is 1. The number of halogens is 1. The minimum Gasteiger partial charge on any atom is -0.342 e. The van der Waals surface area contributed by atoms with Crippen LogP contribution in [0.5, 0.6) is 0 Å². The lowest BCUT2D eigenvalue weighted by atomic mass is 10.1. The van der Waals surface area contributed by atoms with Crippen molar-refractivity contribution in [3.8, 4) is 0 Å². The van der Waals surface area contributed by atoms with Gasteiger partial charge in [-0.25, -0.2) is 4.98 Å². The molecule has 2 aromatic rings. The highest BCUT2D eigenvalue weighted by molar-refractivity contribution is 6.34. The van der Waals surface area contributed by atoms with Crippen LogP contribution < -0.4 is 0 Å². The normalized spacial score (nSPS) is 15.6. The van der Waals surface area contributed by atoms with Gasteiger partial charge in [-0.3, -0.25) is 9.59 Å². The van der Waals surface area contributed by atoms with Crippen molar-refractivity contribution in [2.24, 2.45) is 0 Å². The molecule has 1 fully saturated rings. The van der Waals surface area contributed by atoms with Gasteiger partial charge in [0, 0.05) is 31.7 Å². The highest BCUT2D eigenvalue weighted by Gasteiger charge is 2.26. The first-order valence-corrected chi connectivity index (χ1v) is 7.02. The van der Waals surface area contributed by atoms with Crippen LogP contribution in [0.15, 0.2) is 30.5 Å². The van der Waals surface area contributed by atoms with Crippen LogP contribution >= 0.6 is 11.6 Å². The topological polar surface area (TPSA) is 53.5 Å². The standard InChI is InChI=1S/C15H14ClN3O2/c1-18-6-7-19(9-13(18)20)15(21)12-8-17-14(16)11-5-3-2-4-10(11)12/h2-5,8H,6-7,9H2,1H3. The number of amides is 2. The average molecular weight is 304 g/mol. The molecule has 2 heterocycles. The number of carbonyl (C=O) groups excluding carboxylic acids is 2. The zero-order chi connectivity index (χ0) is 15.0. The van der Waals surface area contributed by atoms with Crippen molar-refractivity contribution >= 4 is 34.2 Å². The van der Waals surface area contributed by atoms with E-state index in [1.165, 1.54) is 6.20 Å². The van der Waals surface area contributed by atoms with Crippen LogP contribution in [0.2, 0.25) is 5.15 Å². The highest BCUT2D eigenvalue weighted by Crippen LogP contribution is 2.25. The second-order valence-corrected chi connectivity index (χ2v) is 5.41. The monoisotopic (exact) mass is 303 g/mol. The van der Waals surface area contributed by atoms with Crippen LogP contribution in [0.1, 0.15) is 10.4 Å². The van der Waals surface area contributed by atoms with Crippen LogP contribution in [-0.2, 0) is 4.79 Å². The first-order valence-electron chi connectivity index (χ1n) is 6.64. The fourth-order valence-electron chi connectivity index (χ4n) is 2.43. The average Bonchev–Trinajstić information content (AvgIpc) is 2.50. The lowest BCUT2D eigenvalue weighted by molar-refractivity contribution is -0.133. The van der Waals surface area contributed by atoms with Gasteiger partial charge in [-0.05, 0) is 5.39 Å². The second kappa shape index (κ2) is 5.33. The van der Waals surface area contributed by atoms with Gasteiger partial charge in [0.1, 0.15) is 11.7 Å². The number of nitrogens with zero attached hydrogens (tertiary/aromatic N) is 3. The zero-order valence-corrected chi connectivity index (χ0v) is 12.3. The number of hydrogen-bond acceptors (Lipinski definition) is 3. The highest BCUT2D eigenvalue weighted by atomic mass is 35.5. The van der Waals surface area contributed by atoms with Crippen LogP contribution in [0.25, 0.3) is 10.8 Å². The Bertz CT molecular complexity index is 732. The Kier molecular flexibility index (Phi) is 3.51. The summed E-state index contributed by atoms with van der Waals surface area (Å²) in [6.07, 6.45) is 1.48. The van der Waals surface area contributed by atoms with E-state index in [-0.39, 0.29) is 18.4 Å². The maximum Gasteiger partial charge on any atom is 0.256 e. The molecule has 1 aliphatic rings.